The highest BCUT2D eigenvalue weighted by molar-refractivity contribution is 5.38. The Labute approximate surface area is 93.9 Å². The maximum Gasteiger partial charge on any atom is 0.113 e. The number of rotatable bonds is 3. The predicted octanol–water partition coefficient (Wildman–Crippen LogP) is 3.14. The molecular formula is C12H13N3O. The molecule has 1 fully saturated rings. The summed E-state index contributed by atoms with van der Waals surface area (Å²) in [5, 5.41) is 3.59. The van der Waals surface area contributed by atoms with E-state index in [9.17, 15) is 0 Å². The van der Waals surface area contributed by atoms with E-state index in [0.717, 1.165) is 19.3 Å². The molecule has 0 aromatic heterocycles. The van der Waals surface area contributed by atoms with Crippen molar-refractivity contribution in [3.05, 3.63) is 45.8 Å². The van der Waals surface area contributed by atoms with Gasteiger partial charge in [-0.25, -0.2) is 0 Å². The largest absolute Gasteiger partial charge is 0.361 e. The third-order valence-corrected chi connectivity index (χ3v) is 3.63. The van der Waals surface area contributed by atoms with Crippen LogP contribution in [-0.4, -0.2) is 12.1 Å². The Morgan fingerprint density at radius 3 is 3.25 bits per heavy atom. The lowest BCUT2D eigenvalue weighted by Gasteiger charge is -2.18. The van der Waals surface area contributed by atoms with Crippen LogP contribution in [0.2, 0.25) is 0 Å². The molecule has 0 spiro atoms. The first-order valence-electron chi connectivity index (χ1n) is 5.62. The lowest BCUT2D eigenvalue weighted by atomic mass is 9.82. The number of nitrogens with zero attached hydrogens (tertiary/aromatic N) is 3. The number of hydrogen-bond acceptors (Lipinski definition) is 2. The Morgan fingerprint density at radius 2 is 2.38 bits per heavy atom. The maximum atomic E-state index is 8.27. The Kier molecular flexibility index (Phi) is 2.13. The number of azide groups is 1. The Bertz CT molecular complexity index is 467. The minimum Gasteiger partial charge on any atom is -0.361 e. The molecule has 4 nitrogen and oxygen atoms in total. The summed E-state index contributed by atoms with van der Waals surface area (Å²) in [6.45, 7) is 0.537. The minimum absolute atomic E-state index is 0.0253. The van der Waals surface area contributed by atoms with Gasteiger partial charge in [0.2, 0.25) is 0 Å². The van der Waals surface area contributed by atoms with Gasteiger partial charge in [0.05, 0.1) is 5.60 Å². The molecule has 16 heavy (non-hydrogen) atoms. The first kappa shape index (κ1) is 9.70. The normalized spacial score (nSPS) is 29.9. The molecule has 1 aromatic carbocycles. The van der Waals surface area contributed by atoms with Crippen molar-refractivity contribution >= 4 is 0 Å². The highest BCUT2D eigenvalue weighted by Gasteiger charge is 2.58. The van der Waals surface area contributed by atoms with Crippen LogP contribution >= 0.6 is 0 Å². The summed E-state index contributed by atoms with van der Waals surface area (Å²) in [4.78, 5) is 2.78. The van der Waals surface area contributed by atoms with Crippen molar-refractivity contribution < 1.29 is 4.74 Å². The summed E-state index contributed by atoms with van der Waals surface area (Å²) < 4.78 is 5.86. The van der Waals surface area contributed by atoms with Crippen LogP contribution in [0, 0.1) is 0 Å². The third kappa shape index (κ3) is 1.39. The highest BCUT2D eigenvalue weighted by Crippen LogP contribution is 2.58. The number of benzene rings is 1. The van der Waals surface area contributed by atoms with Crippen LogP contribution in [0.4, 0.5) is 0 Å². The average molecular weight is 215 g/mol. The average Bonchev–Trinajstić information content (AvgIpc) is 3.05. The summed E-state index contributed by atoms with van der Waals surface area (Å²) in [5.74, 6) is 0. The summed E-state index contributed by atoms with van der Waals surface area (Å²) in [6, 6.07) is 8.46. The van der Waals surface area contributed by atoms with E-state index in [0.29, 0.717) is 6.54 Å². The number of hydrogen-bond donors (Lipinski definition) is 0. The molecule has 0 amide bonds. The van der Waals surface area contributed by atoms with Crippen molar-refractivity contribution in [1.29, 1.82) is 0 Å². The lowest BCUT2D eigenvalue weighted by Crippen LogP contribution is -2.19. The number of ether oxygens (including phenoxy) is 1. The fourth-order valence-corrected chi connectivity index (χ4v) is 2.70. The van der Waals surface area contributed by atoms with E-state index in [1.54, 1.807) is 0 Å². The van der Waals surface area contributed by atoms with Crippen LogP contribution in [-0.2, 0) is 11.2 Å². The molecule has 1 aliphatic heterocycles. The molecule has 2 aliphatic rings. The van der Waals surface area contributed by atoms with E-state index in [4.69, 9.17) is 10.3 Å². The highest BCUT2D eigenvalue weighted by atomic mass is 16.6. The fraction of sp³-hybridized carbons (Fsp3) is 0.500. The summed E-state index contributed by atoms with van der Waals surface area (Å²) in [5.41, 5.74) is 11.0. The number of epoxide rings is 1. The van der Waals surface area contributed by atoms with E-state index in [2.05, 4.69) is 34.3 Å². The smallest absolute Gasteiger partial charge is 0.113 e. The van der Waals surface area contributed by atoms with E-state index in [1.165, 1.54) is 11.1 Å². The molecule has 1 aromatic rings. The van der Waals surface area contributed by atoms with Crippen LogP contribution in [0.5, 0.6) is 0 Å². The SMILES string of the molecule is [N-]=[N+]=NCCC12CCc3ccccc3C1O2. The van der Waals surface area contributed by atoms with E-state index in [-0.39, 0.29) is 11.7 Å². The zero-order valence-corrected chi connectivity index (χ0v) is 8.97. The molecule has 1 heterocycles. The van der Waals surface area contributed by atoms with E-state index >= 15 is 0 Å². The maximum absolute atomic E-state index is 8.27. The first-order chi connectivity index (χ1) is 7.86. The van der Waals surface area contributed by atoms with Crippen LogP contribution in [0.25, 0.3) is 10.4 Å². The molecule has 1 aliphatic carbocycles. The second-order valence-electron chi connectivity index (χ2n) is 4.47. The summed E-state index contributed by atoms with van der Waals surface area (Å²) in [7, 11) is 0. The van der Waals surface area contributed by atoms with Crippen LogP contribution < -0.4 is 0 Å². The van der Waals surface area contributed by atoms with E-state index < -0.39 is 0 Å². The predicted molar refractivity (Wildman–Crippen MR) is 60.0 cm³/mol. The van der Waals surface area contributed by atoms with Crippen LogP contribution in [0.1, 0.15) is 30.1 Å². The molecule has 0 saturated carbocycles. The summed E-state index contributed by atoms with van der Waals surface area (Å²) >= 11 is 0. The minimum atomic E-state index is -0.0253. The number of aryl methyl sites for hydroxylation is 1. The Morgan fingerprint density at radius 1 is 1.50 bits per heavy atom. The van der Waals surface area contributed by atoms with Gasteiger partial charge in [0.25, 0.3) is 0 Å². The molecule has 0 N–H and O–H groups in total. The number of fused-ring (bicyclic) bond motifs is 3. The van der Waals surface area contributed by atoms with Crippen molar-refractivity contribution in [2.75, 3.05) is 6.54 Å². The standard InChI is InChI=1S/C12H13N3O/c13-15-14-8-7-12-6-5-9-3-1-2-4-10(9)11(12)16-12/h1-4,11H,5-8H2. The molecule has 82 valence electrons. The lowest BCUT2D eigenvalue weighted by molar-refractivity contribution is 0.273. The fourth-order valence-electron chi connectivity index (χ4n) is 2.70. The van der Waals surface area contributed by atoms with Crippen molar-refractivity contribution in [3.8, 4) is 0 Å². The Balaban J connectivity index is 1.79. The monoisotopic (exact) mass is 215 g/mol. The second kappa shape index (κ2) is 3.51. The van der Waals surface area contributed by atoms with Gasteiger partial charge in [0.1, 0.15) is 6.10 Å². The molecular weight excluding hydrogens is 202 g/mol. The molecule has 2 unspecified atom stereocenters. The van der Waals surface area contributed by atoms with Gasteiger partial charge in [-0.3, -0.25) is 0 Å². The van der Waals surface area contributed by atoms with Gasteiger partial charge in [0, 0.05) is 11.5 Å². The van der Waals surface area contributed by atoms with Gasteiger partial charge < -0.3 is 4.74 Å². The molecule has 0 bridgehead atoms. The molecule has 0 radical (unpaired) electrons. The third-order valence-electron chi connectivity index (χ3n) is 3.63. The first-order valence-corrected chi connectivity index (χ1v) is 5.62. The van der Waals surface area contributed by atoms with Crippen molar-refractivity contribution in [3.63, 3.8) is 0 Å². The topological polar surface area (TPSA) is 61.3 Å². The van der Waals surface area contributed by atoms with Gasteiger partial charge in [-0.1, -0.05) is 29.4 Å². The molecule has 3 rings (SSSR count). The van der Waals surface area contributed by atoms with Crippen molar-refractivity contribution in [1.82, 2.24) is 0 Å². The van der Waals surface area contributed by atoms with E-state index in [1.807, 2.05) is 0 Å². The van der Waals surface area contributed by atoms with Crippen molar-refractivity contribution in [2.45, 2.75) is 31.0 Å². The van der Waals surface area contributed by atoms with Gasteiger partial charge >= 0.3 is 0 Å². The molecule has 4 heteroatoms. The van der Waals surface area contributed by atoms with Gasteiger partial charge in [0.15, 0.2) is 0 Å². The molecule has 2 atom stereocenters. The van der Waals surface area contributed by atoms with Gasteiger partial charge in [-0.05, 0) is 35.9 Å². The van der Waals surface area contributed by atoms with Gasteiger partial charge in [-0.15, -0.1) is 0 Å². The quantitative estimate of drug-likeness (QED) is 0.330. The Hall–Kier alpha value is -1.51. The van der Waals surface area contributed by atoms with Crippen LogP contribution in [0.15, 0.2) is 29.4 Å². The van der Waals surface area contributed by atoms with Crippen molar-refractivity contribution in [2.24, 2.45) is 5.11 Å². The summed E-state index contributed by atoms with van der Waals surface area (Å²) in [6.07, 6.45) is 3.21. The molecule has 1 saturated heterocycles. The zero-order valence-electron chi connectivity index (χ0n) is 8.97. The van der Waals surface area contributed by atoms with Gasteiger partial charge in [-0.2, -0.15) is 0 Å². The second-order valence-corrected chi connectivity index (χ2v) is 4.47. The van der Waals surface area contributed by atoms with Crippen LogP contribution in [0.3, 0.4) is 0 Å². The zero-order chi connectivity index (χ0) is 11.0.